The van der Waals surface area contributed by atoms with Crippen LogP contribution >= 0.6 is 0 Å². The molecule has 32 heavy (non-hydrogen) atoms. The van der Waals surface area contributed by atoms with Crippen LogP contribution in [0.3, 0.4) is 0 Å². The third-order valence-electron chi connectivity index (χ3n) is 4.73. The summed E-state index contributed by atoms with van der Waals surface area (Å²) in [5, 5.41) is 3.28. The van der Waals surface area contributed by atoms with Gasteiger partial charge in [0.2, 0.25) is 0 Å². The Morgan fingerprint density at radius 2 is 1.84 bits per heavy atom. The minimum absolute atomic E-state index is 0.289. The summed E-state index contributed by atoms with van der Waals surface area (Å²) < 4.78 is 21.1. The summed E-state index contributed by atoms with van der Waals surface area (Å²) in [6.45, 7) is -0.471. The molecule has 0 aliphatic carbocycles. The number of nitrogens with zero attached hydrogens (tertiary/aromatic N) is 1. The number of fused-ring (bicyclic) bond motifs is 1. The molecular weight excluding hydrogens is 412 g/mol. The van der Waals surface area contributed by atoms with Crippen LogP contribution in [0.5, 0.6) is 11.5 Å². The van der Waals surface area contributed by atoms with Crippen molar-refractivity contribution < 1.29 is 28.2 Å². The van der Waals surface area contributed by atoms with Crippen LogP contribution in [0.15, 0.2) is 71.3 Å². The van der Waals surface area contributed by atoms with Crippen molar-refractivity contribution in [3.8, 4) is 23.0 Å². The third kappa shape index (κ3) is 4.39. The number of furan rings is 1. The normalized spacial score (nSPS) is 10.6. The second kappa shape index (κ2) is 9.22. The van der Waals surface area contributed by atoms with Crippen molar-refractivity contribution in [3.05, 3.63) is 72.5 Å². The fraction of sp³-hybridized carbons (Fsp3) is 0.125. The molecule has 0 radical (unpaired) electrons. The molecule has 2 aromatic heterocycles. The Morgan fingerprint density at radius 3 is 2.59 bits per heavy atom. The van der Waals surface area contributed by atoms with Gasteiger partial charge < -0.3 is 23.9 Å². The van der Waals surface area contributed by atoms with Crippen molar-refractivity contribution in [3.63, 3.8) is 0 Å². The van der Waals surface area contributed by atoms with Gasteiger partial charge in [-0.15, -0.1) is 0 Å². The average Bonchev–Trinajstić information content (AvgIpc) is 3.37. The highest BCUT2D eigenvalue weighted by molar-refractivity contribution is 6.05. The zero-order chi connectivity index (χ0) is 22.5. The average molecular weight is 432 g/mol. The molecule has 0 saturated heterocycles. The second-order valence-corrected chi connectivity index (χ2v) is 6.74. The lowest BCUT2D eigenvalue weighted by molar-refractivity contribution is -0.119. The highest BCUT2D eigenvalue weighted by atomic mass is 16.5. The number of hydrogen-bond acceptors (Lipinski definition) is 7. The number of para-hydroxylation sites is 1. The molecule has 0 unspecified atom stereocenters. The van der Waals surface area contributed by atoms with Crippen LogP contribution in [0, 0.1) is 0 Å². The van der Waals surface area contributed by atoms with E-state index in [0.29, 0.717) is 39.5 Å². The fourth-order valence-electron chi connectivity index (χ4n) is 3.19. The van der Waals surface area contributed by atoms with Crippen LogP contribution < -0.4 is 14.8 Å². The van der Waals surface area contributed by atoms with E-state index in [2.05, 4.69) is 10.3 Å². The van der Waals surface area contributed by atoms with Gasteiger partial charge >= 0.3 is 5.97 Å². The summed E-state index contributed by atoms with van der Waals surface area (Å²) in [5.41, 5.74) is 1.83. The lowest BCUT2D eigenvalue weighted by atomic mass is 10.1. The van der Waals surface area contributed by atoms with Gasteiger partial charge in [0.1, 0.15) is 17.2 Å². The van der Waals surface area contributed by atoms with E-state index in [-0.39, 0.29) is 5.56 Å². The number of benzene rings is 2. The molecular formula is C24H20N2O6. The van der Waals surface area contributed by atoms with Crippen LogP contribution in [0.1, 0.15) is 10.4 Å². The smallest absolute Gasteiger partial charge is 0.339 e. The number of ether oxygens (including phenoxy) is 3. The van der Waals surface area contributed by atoms with Gasteiger partial charge in [-0.3, -0.25) is 4.79 Å². The van der Waals surface area contributed by atoms with E-state index >= 15 is 0 Å². The number of rotatable bonds is 7. The molecule has 2 aromatic carbocycles. The van der Waals surface area contributed by atoms with Crippen LogP contribution in [0.2, 0.25) is 0 Å². The quantitative estimate of drug-likeness (QED) is 0.435. The maximum absolute atomic E-state index is 12.8. The predicted octanol–water partition coefficient (Wildman–Crippen LogP) is 4.31. The first kappa shape index (κ1) is 20.9. The molecule has 1 N–H and O–H groups in total. The van der Waals surface area contributed by atoms with Gasteiger partial charge in [0.15, 0.2) is 12.4 Å². The Kier molecular flexibility index (Phi) is 6.03. The standard InChI is InChI=1S/C24H20N2O6/c1-29-15-9-10-19(22(12-15)30-2)26-23(27)14-32-24(28)17-13-20(21-8-5-11-31-21)25-18-7-4-3-6-16(17)18/h3-13H,14H2,1-2H3,(H,26,27). The predicted molar refractivity (Wildman–Crippen MR) is 118 cm³/mol. The van der Waals surface area contributed by atoms with Crippen molar-refractivity contribution in [2.24, 2.45) is 0 Å². The minimum Gasteiger partial charge on any atom is -0.497 e. The fourth-order valence-corrected chi connectivity index (χ4v) is 3.19. The monoisotopic (exact) mass is 432 g/mol. The van der Waals surface area contributed by atoms with Gasteiger partial charge in [-0.05, 0) is 36.4 Å². The van der Waals surface area contributed by atoms with E-state index in [1.807, 2.05) is 6.07 Å². The topological polar surface area (TPSA) is 99.9 Å². The van der Waals surface area contributed by atoms with Gasteiger partial charge in [0.05, 0.1) is 37.3 Å². The number of amides is 1. The lowest BCUT2D eigenvalue weighted by Crippen LogP contribution is -2.21. The molecule has 0 fully saturated rings. The van der Waals surface area contributed by atoms with E-state index in [4.69, 9.17) is 18.6 Å². The van der Waals surface area contributed by atoms with Gasteiger partial charge in [0.25, 0.3) is 5.91 Å². The number of pyridine rings is 1. The van der Waals surface area contributed by atoms with Crippen molar-refractivity contribution >= 4 is 28.5 Å². The molecule has 0 atom stereocenters. The molecule has 162 valence electrons. The van der Waals surface area contributed by atoms with Crippen molar-refractivity contribution in [1.29, 1.82) is 0 Å². The zero-order valence-electron chi connectivity index (χ0n) is 17.5. The first-order valence-corrected chi connectivity index (χ1v) is 9.71. The molecule has 0 aliphatic heterocycles. The Bertz CT molecular complexity index is 1270. The first-order valence-electron chi connectivity index (χ1n) is 9.71. The summed E-state index contributed by atoms with van der Waals surface area (Å²) in [5.74, 6) is 0.379. The van der Waals surface area contributed by atoms with E-state index in [9.17, 15) is 9.59 Å². The van der Waals surface area contributed by atoms with E-state index in [1.165, 1.54) is 20.5 Å². The first-order chi connectivity index (χ1) is 15.6. The van der Waals surface area contributed by atoms with E-state index < -0.39 is 18.5 Å². The Morgan fingerprint density at radius 1 is 1.00 bits per heavy atom. The number of nitrogens with one attached hydrogen (secondary N) is 1. The summed E-state index contributed by atoms with van der Waals surface area (Å²) in [4.78, 5) is 29.8. The number of esters is 1. The number of methoxy groups -OCH3 is 2. The van der Waals surface area contributed by atoms with Crippen LogP contribution in [0.4, 0.5) is 5.69 Å². The Balaban J connectivity index is 1.51. The molecule has 4 rings (SSSR count). The molecule has 8 heteroatoms. The van der Waals surface area contributed by atoms with Crippen LogP contribution in [-0.2, 0) is 9.53 Å². The van der Waals surface area contributed by atoms with Gasteiger partial charge in [0, 0.05) is 11.5 Å². The maximum atomic E-state index is 12.8. The van der Waals surface area contributed by atoms with Gasteiger partial charge in [-0.1, -0.05) is 18.2 Å². The maximum Gasteiger partial charge on any atom is 0.339 e. The third-order valence-corrected chi connectivity index (χ3v) is 4.73. The van der Waals surface area contributed by atoms with Crippen LogP contribution in [0.25, 0.3) is 22.4 Å². The lowest BCUT2D eigenvalue weighted by Gasteiger charge is -2.12. The molecule has 0 saturated carbocycles. The van der Waals surface area contributed by atoms with E-state index in [0.717, 1.165) is 0 Å². The Labute approximate surface area is 183 Å². The molecule has 8 nitrogen and oxygen atoms in total. The summed E-state index contributed by atoms with van der Waals surface area (Å²) in [7, 11) is 3.02. The molecule has 0 spiro atoms. The van der Waals surface area contributed by atoms with E-state index in [1.54, 1.807) is 54.6 Å². The summed E-state index contributed by atoms with van der Waals surface area (Å²) in [6, 6.07) is 17.2. The van der Waals surface area contributed by atoms with Gasteiger partial charge in [-0.25, -0.2) is 9.78 Å². The van der Waals surface area contributed by atoms with Crippen molar-refractivity contribution in [1.82, 2.24) is 4.98 Å². The molecule has 0 bridgehead atoms. The van der Waals surface area contributed by atoms with Crippen molar-refractivity contribution in [2.75, 3.05) is 26.1 Å². The number of anilines is 1. The molecule has 2 heterocycles. The number of carbonyl (C=O) groups excluding carboxylic acids is 2. The number of aromatic nitrogens is 1. The highest BCUT2D eigenvalue weighted by Gasteiger charge is 2.18. The summed E-state index contributed by atoms with van der Waals surface area (Å²) >= 11 is 0. The Hall–Kier alpha value is -4.33. The van der Waals surface area contributed by atoms with Gasteiger partial charge in [-0.2, -0.15) is 0 Å². The van der Waals surface area contributed by atoms with Crippen LogP contribution in [-0.4, -0.2) is 37.7 Å². The largest absolute Gasteiger partial charge is 0.497 e. The molecule has 1 amide bonds. The SMILES string of the molecule is COc1ccc(NC(=O)COC(=O)c2cc(-c3ccco3)nc3ccccc23)c(OC)c1. The second-order valence-electron chi connectivity index (χ2n) is 6.74. The highest BCUT2D eigenvalue weighted by Crippen LogP contribution is 2.29. The summed E-state index contributed by atoms with van der Waals surface area (Å²) in [6.07, 6.45) is 1.53. The number of hydrogen-bond donors (Lipinski definition) is 1. The molecule has 0 aliphatic rings. The van der Waals surface area contributed by atoms with Crippen molar-refractivity contribution in [2.45, 2.75) is 0 Å². The minimum atomic E-state index is -0.645. The zero-order valence-corrected chi connectivity index (χ0v) is 17.5. The number of carbonyl (C=O) groups is 2. The molecule has 4 aromatic rings.